The van der Waals surface area contributed by atoms with Crippen LogP contribution in [0.25, 0.3) is 0 Å². The lowest BCUT2D eigenvalue weighted by atomic mass is 9.96. The third kappa shape index (κ3) is 16.5. The van der Waals surface area contributed by atoms with Gasteiger partial charge in [-0.15, -0.1) is 0 Å². The van der Waals surface area contributed by atoms with Crippen molar-refractivity contribution in [1.29, 1.82) is 0 Å². The van der Waals surface area contributed by atoms with Crippen LogP contribution in [0, 0.1) is 0 Å². The highest BCUT2D eigenvalue weighted by atomic mass is 16.6. The molecule has 1 fully saturated rings. The molecule has 0 aromatic heterocycles. The molecule has 5 aromatic rings. The number of nitrogens with one attached hydrogen (secondary N) is 3. The summed E-state index contributed by atoms with van der Waals surface area (Å²) in [5, 5.41) is 19.4. The number of aliphatic hydroxyl groups is 1. The van der Waals surface area contributed by atoms with Gasteiger partial charge in [0.2, 0.25) is 17.7 Å². The predicted octanol–water partition coefficient (Wildman–Crippen LogP) is 6.13. The molecule has 3 amide bonds. The van der Waals surface area contributed by atoms with Crippen molar-refractivity contribution in [2.24, 2.45) is 0 Å². The minimum absolute atomic E-state index is 0.0281. The Labute approximate surface area is 398 Å². The lowest BCUT2D eigenvalue weighted by molar-refractivity contribution is -0.277. The molecule has 68 heavy (non-hydrogen) atoms. The number of aliphatic hydroxyl groups excluding tert-OH is 1. The summed E-state index contributed by atoms with van der Waals surface area (Å²) in [6, 6.07) is 45.2. The van der Waals surface area contributed by atoms with E-state index in [1.165, 1.54) is 6.92 Å². The highest BCUT2D eigenvalue weighted by Crippen LogP contribution is 2.30. The Balaban J connectivity index is 1.23. The van der Waals surface area contributed by atoms with E-state index in [-0.39, 0.29) is 39.5 Å². The summed E-state index contributed by atoms with van der Waals surface area (Å²) in [6.07, 6.45) is -7.16. The van der Waals surface area contributed by atoms with E-state index >= 15 is 0 Å². The van der Waals surface area contributed by atoms with E-state index in [1.807, 2.05) is 127 Å². The van der Waals surface area contributed by atoms with Crippen LogP contribution in [-0.2, 0) is 80.4 Å². The lowest BCUT2D eigenvalue weighted by Crippen LogP contribution is -2.65. The maximum absolute atomic E-state index is 14.1. The van der Waals surface area contributed by atoms with Gasteiger partial charge in [-0.1, -0.05) is 152 Å². The second-order valence-electron chi connectivity index (χ2n) is 17.7. The van der Waals surface area contributed by atoms with E-state index in [4.69, 9.17) is 28.4 Å². The van der Waals surface area contributed by atoms with Gasteiger partial charge < -0.3 is 49.5 Å². The summed E-state index contributed by atoms with van der Waals surface area (Å²) < 4.78 is 38.5. The Bertz CT molecular complexity index is 2300. The molecule has 1 heterocycles. The van der Waals surface area contributed by atoms with Crippen molar-refractivity contribution in [3.63, 3.8) is 0 Å². The van der Waals surface area contributed by atoms with E-state index in [0.29, 0.717) is 5.56 Å². The van der Waals surface area contributed by atoms with Gasteiger partial charge in [0.05, 0.1) is 39.5 Å². The average Bonchev–Trinajstić information content (AvgIpc) is 3.33. The molecule has 6 rings (SSSR count). The Morgan fingerprint density at radius 1 is 0.588 bits per heavy atom. The molecule has 0 aliphatic carbocycles. The van der Waals surface area contributed by atoms with Crippen molar-refractivity contribution in [2.75, 3.05) is 6.61 Å². The number of amides is 3. The first-order valence-electron chi connectivity index (χ1n) is 22.9. The van der Waals surface area contributed by atoms with Crippen LogP contribution in [0.4, 0.5) is 0 Å². The standard InChI is InChI=1S/C54H63N3O11/c1-37(53(62)68-54(2,3)4)55-50(60)43(30-38-20-10-5-11-21-38)56-51(61)44(58)31-46(59)57-52-49(66-35-42-28-18-9-19-29-42)48(65-34-41-26-16-8-17-27-41)47(64-33-40-24-14-7-15-25-40)45(67-52)36-63-32-39-22-12-6-13-23-39/h5-29,37,43-45,47-49,52,58H,30-36H2,1-4H3,(H,55,60)(H,56,61)(H,57,59)/t37-,43-,44-,45+,47+,48-,49+,52+/m0/s1. The van der Waals surface area contributed by atoms with Crippen molar-refractivity contribution in [3.05, 3.63) is 179 Å². The van der Waals surface area contributed by atoms with Gasteiger partial charge in [0, 0.05) is 6.42 Å². The second-order valence-corrected chi connectivity index (χ2v) is 17.7. The Hall–Kier alpha value is -6.26. The molecule has 0 radical (unpaired) electrons. The summed E-state index contributed by atoms with van der Waals surface area (Å²) in [7, 11) is 0. The van der Waals surface area contributed by atoms with Crippen LogP contribution in [0.5, 0.6) is 0 Å². The molecule has 4 N–H and O–H groups in total. The molecule has 14 heteroatoms. The number of carbonyl (C=O) groups is 4. The highest BCUT2D eigenvalue weighted by Gasteiger charge is 2.49. The summed E-state index contributed by atoms with van der Waals surface area (Å²) in [5.41, 5.74) is 3.54. The molecular formula is C54H63N3O11. The molecule has 1 aliphatic heterocycles. The monoisotopic (exact) mass is 929 g/mol. The van der Waals surface area contributed by atoms with Gasteiger partial charge in [-0.3, -0.25) is 14.4 Å². The summed E-state index contributed by atoms with van der Waals surface area (Å²) in [5.74, 6) is -3.07. The summed E-state index contributed by atoms with van der Waals surface area (Å²) >= 11 is 0. The van der Waals surface area contributed by atoms with Crippen LogP contribution in [0.15, 0.2) is 152 Å². The quantitative estimate of drug-likeness (QED) is 0.0555. The van der Waals surface area contributed by atoms with Crippen molar-refractivity contribution in [2.45, 2.75) is 121 Å². The zero-order chi connectivity index (χ0) is 48.3. The topological polar surface area (TPSA) is 180 Å². The largest absolute Gasteiger partial charge is 0.458 e. The SMILES string of the molecule is C[C@H](NC(=O)[C@H](Cc1ccccc1)NC(=O)[C@@H](O)CC(=O)N[C@@H]1O[C@H](COCc2ccccc2)[C@@H](OCc2ccccc2)[C@H](OCc2ccccc2)[C@H]1OCc1ccccc1)C(=O)OC(C)(C)C. The van der Waals surface area contributed by atoms with Gasteiger partial charge in [-0.2, -0.15) is 0 Å². The normalized spacial score (nSPS) is 19.5. The zero-order valence-electron chi connectivity index (χ0n) is 39.0. The van der Waals surface area contributed by atoms with Gasteiger partial charge in [-0.25, -0.2) is 4.79 Å². The lowest BCUT2D eigenvalue weighted by Gasteiger charge is -2.46. The first kappa shape index (κ1) is 51.1. The van der Waals surface area contributed by atoms with Crippen molar-refractivity contribution >= 4 is 23.7 Å². The molecule has 0 saturated carbocycles. The van der Waals surface area contributed by atoms with Crippen molar-refractivity contribution in [3.8, 4) is 0 Å². The number of hydrogen-bond acceptors (Lipinski definition) is 11. The third-order valence-electron chi connectivity index (χ3n) is 10.9. The molecule has 14 nitrogen and oxygen atoms in total. The van der Waals surface area contributed by atoms with Crippen LogP contribution in [-0.4, -0.2) is 89.8 Å². The van der Waals surface area contributed by atoms with E-state index < -0.39 is 84.5 Å². The average molecular weight is 930 g/mol. The number of hydrogen-bond donors (Lipinski definition) is 4. The van der Waals surface area contributed by atoms with Crippen LogP contribution >= 0.6 is 0 Å². The molecular weight excluding hydrogens is 867 g/mol. The van der Waals surface area contributed by atoms with Gasteiger partial charge in [-0.05, 0) is 55.5 Å². The first-order chi connectivity index (χ1) is 32.8. The van der Waals surface area contributed by atoms with Gasteiger partial charge in [0.25, 0.3) is 0 Å². The smallest absolute Gasteiger partial charge is 0.328 e. The fraction of sp³-hybridized carbons (Fsp3) is 0.370. The molecule has 5 aromatic carbocycles. The third-order valence-corrected chi connectivity index (χ3v) is 10.9. The second kappa shape index (κ2) is 25.8. The molecule has 0 unspecified atom stereocenters. The maximum atomic E-state index is 14.1. The molecule has 360 valence electrons. The number of rotatable bonds is 23. The zero-order valence-corrected chi connectivity index (χ0v) is 39.0. The number of ether oxygens (including phenoxy) is 6. The number of benzene rings is 5. The minimum atomic E-state index is -1.89. The molecule has 1 saturated heterocycles. The molecule has 0 bridgehead atoms. The minimum Gasteiger partial charge on any atom is -0.458 e. The van der Waals surface area contributed by atoms with Gasteiger partial charge in [0.1, 0.15) is 48.2 Å². The fourth-order valence-corrected chi connectivity index (χ4v) is 7.48. The fourth-order valence-electron chi connectivity index (χ4n) is 7.48. The number of esters is 1. The summed E-state index contributed by atoms with van der Waals surface area (Å²) in [4.78, 5) is 54.1. The van der Waals surface area contributed by atoms with Crippen molar-refractivity contribution < 1.29 is 52.7 Å². The first-order valence-corrected chi connectivity index (χ1v) is 22.9. The van der Waals surface area contributed by atoms with Crippen LogP contribution < -0.4 is 16.0 Å². The van der Waals surface area contributed by atoms with Gasteiger partial charge >= 0.3 is 5.97 Å². The Kier molecular flexibility index (Phi) is 19.4. The molecule has 8 atom stereocenters. The van der Waals surface area contributed by atoms with E-state index in [2.05, 4.69) is 16.0 Å². The van der Waals surface area contributed by atoms with E-state index in [0.717, 1.165) is 22.3 Å². The van der Waals surface area contributed by atoms with Crippen LogP contribution in [0.1, 0.15) is 61.9 Å². The summed E-state index contributed by atoms with van der Waals surface area (Å²) in [6.45, 7) is 7.44. The molecule has 1 aliphatic rings. The highest BCUT2D eigenvalue weighted by molar-refractivity contribution is 5.93. The molecule has 0 spiro atoms. The van der Waals surface area contributed by atoms with Crippen molar-refractivity contribution in [1.82, 2.24) is 16.0 Å². The Morgan fingerprint density at radius 2 is 1.03 bits per heavy atom. The maximum Gasteiger partial charge on any atom is 0.328 e. The van der Waals surface area contributed by atoms with E-state index in [1.54, 1.807) is 45.0 Å². The van der Waals surface area contributed by atoms with Crippen LogP contribution in [0.3, 0.4) is 0 Å². The number of carbonyl (C=O) groups excluding carboxylic acids is 4. The van der Waals surface area contributed by atoms with Crippen LogP contribution in [0.2, 0.25) is 0 Å². The van der Waals surface area contributed by atoms with E-state index in [9.17, 15) is 24.3 Å². The predicted molar refractivity (Wildman–Crippen MR) is 254 cm³/mol. The van der Waals surface area contributed by atoms with Gasteiger partial charge in [0.15, 0.2) is 6.23 Å². The Morgan fingerprint density at radius 3 is 1.51 bits per heavy atom.